The van der Waals surface area contributed by atoms with E-state index in [1.807, 2.05) is 19.0 Å². The first kappa shape index (κ1) is 26.9. The summed E-state index contributed by atoms with van der Waals surface area (Å²) in [5.74, 6) is 0.111. The summed E-state index contributed by atoms with van der Waals surface area (Å²) >= 11 is 0. The summed E-state index contributed by atoms with van der Waals surface area (Å²) in [6, 6.07) is 7.69. The predicted molar refractivity (Wildman–Crippen MR) is 136 cm³/mol. The minimum atomic E-state index is -0.845. The maximum atomic E-state index is 13.3. The molecule has 2 aromatic rings. The second-order valence-electron chi connectivity index (χ2n) is 8.79. The minimum absolute atomic E-state index is 0.00685. The second-order valence-corrected chi connectivity index (χ2v) is 8.79. The Kier molecular flexibility index (Phi) is 8.47. The van der Waals surface area contributed by atoms with Gasteiger partial charge in [0, 0.05) is 12.1 Å². The van der Waals surface area contributed by atoms with Gasteiger partial charge in [0.2, 0.25) is 5.75 Å². The van der Waals surface area contributed by atoms with Crippen LogP contribution in [0.25, 0.3) is 5.76 Å². The highest BCUT2D eigenvalue weighted by atomic mass is 16.5. The molecular formula is C27H34N2O7. The van der Waals surface area contributed by atoms with Crippen molar-refractivity contribution >= 4 is 17.4 Å². The van der Waals surface area contributed by atoms with Crippen molar-refractivity contribution in [3.63, 3.8) is 0 Å². The Morgan fingerprint density at radius 3 is 2.11 bits per heavy atom. The Labute approximate surface area is 211 Å². The van der Waals surface area contributed by atoms with Gasteiger partial charge in [-0.25, -0.2) is 0 Å². The average molecular weight is 499 g/mol. The summed E-state index contributed by atoms with van der Waals surface area (Å²) in [4.78, 5) is 30.1. The summed E-state index contributed by atoms with van der Waals surface area (Å²) in [6.45, 7) is 2.85. The number of nitrogens with zero attached hydrogens (tertiary/aromatic N) is 2. The number of hydrogen-bond donors (Lipinski definition) is 1. The van der Waals surface area contributed by atoms with Gasteiger partial charge in [0.15, 0.2) is 11.5 Å². The van der Waals surface area contributed by atoms with Crippen LogP contribution in [0.15, 0.2) is 35.9 Å². The number of amides is 1. The number of carbonyl (C=O) groups excluding carboxylic acids is 2. The van der Waals surface area contributed by atoms with Crippen LogP contribution in [-0.4, -0.2) is 82.2 Å². The average Bonchev–Trinajstić information content (AvgIpc) is 3.12. The molecule has 0 spiro atoms. The number of aliphatic hydroxyl groups is 1. The predicted octanol–water partition coefficient (Wildman–Crippen LogP) is 3.40. The van der Waals surface area contributed by atoms with Gasteiger partial charge in [0.05, 0.1) is 40.1 Å². The fourth-order valence-electron chi connectivity index (χ4n) is 4.45. The summed E-state index contributed by atoms with van der Waals surface area (Å²) in [5, 5.41) is 11.4. The lowest BCUT2D eigenvalue weighted by molar-refractivity contribution is -0.139. The molecule has 0 unspecified atom stereocenters. The van der Waals surface area contributed by atoms with E-state index in [1.54, 1.807) is 44.4 Å². The lowest BCUT2D eigenvalue weighted by Gasteiger charge is -2.27. The standard InChI is InChI=1S/C27H34N2O7/c1-16-13-18(33-4)9-10-19(16)24(30)22-23(29(27(32)25(22)31)12-8-11-28(2)3)17-14-20(34-5)26(36-7)21(15-17)35-6/h9-10,13-15,23,30H,8,11-12H2,1-7H3/t23-/m0/s1. The number of ketones is 1. The van der Waals surface area contributed by atoms with E-state index in [4.69, 9.17) is 18.9 Å². The van der Waals surface area contributed by atoms with Crippen molar-refractivity contribution in [3.05, 3.63) is 52.6 Å². The highest BCUT2D eigenvalue weighted by Crippen LogP contribution is 2.46. The van der Waals surface area contributed by atoms with Crippen LogP contribution in [0.2, 0.25) is 0 Å². The Balaban J connectivity index is 2.24. The van der Waals surface area contributed by atoms with Gasteiger partial charge < -0.3 is 33.9 Å². The molecule has 1 saturated heterocycles. The van der Waals surface area contributed by atoms with Crippen LogP contribution in [-0.2, 0) is 9.59 Å². The molecule has 1 N–H and O–H groups in total. The molecule has 36 heavy (non-hydrogen) atoms. The zero-order valence-electron chi connectivity index (χ0n) is 21.9. The van der Waals surface area contributed by atoms with E-state index >= 15 is 0 Å². The number of carbonyl (C=O) groups is 2. The molecule has 1 amide bonds. The van der Waals surface area contributed by atoms with Crippen LogP contribution in [0.3, 0.4) is 0 Å². The molecule has 2 aromatic carbocycles. The molecule has 1 fully saturated rings. The molecule has 9 heteroatoms. The van der Waals surface area contributed by atoms with Crippen LogP contribution < -0.4 is 18.9 Å². The molecule has 1 aliphatic heterocycles. The first-order chi connectivity index (χ1) is 17.2. The molecule has 3 rings (SSSR count). The van der Waals surface area contributed by atoms with E-state index in [-0.39, 0.29) is 11.3 Å². The molecular weight excluding hydrogens is 464 g/mol. The van der Waals surface area contributed by atoms with E-state index in [0.717, 1.165) is 6.54 Å². The number of methoxy groups -OCH3 is 4. The van der Waals surface area contributed by atoms with Gasteiger partial charge in [0.1, 0.15) is 11.5 Å². The monoisotopic (exact) mass is 498 g/mol. The number of aryl methyl sites for hydroxylation is 1. The van der Waals surface area contributed by atoms with Crippen molar-refractivity contribution in [2.24, 2.45) is 0 Å². The van der Waals surface area contributed by atoms with Gasteiger partial charge in [-0.3, -0.25) is 9.59 Å². The fourth-order valence-corrected chi connectivity index (χ4v) is 4.45. The molecule has 0 bridgehead atoms. The fraction of sp³-hybridized carbons (Fsp3) is 0.407. The van der Waals surface area contributed by atoms with E-state index < -0.39 is 17.7 Å². The molecule has 9 nitrogen and oxygen atoms in total. The highest BCUT2D eigenvalue weighted by molar-refractivity contribution is 6.46. The molecule has 1 atom stereocenters. The van der Waals surface area contributed by atoms with Gasteiger partial charge >= 0.3 is 0 Å². The highest BCUT2D eigenvalue weighted by Gasteiger charge is 2.46. The molecule has 0 saturated carbocycles. The minimum Gasteiger partial charge on any atom is -0.507 e. The van der Waals surface area contributed by atoms with Crippen molar-refractivity contribution in [2.75, 3.05) is 55.6 Å². The van der Waals surface area contributed by atoms with Gasteiger partial charge in [-0.15, -0.1) is 0 Å². The first-order valence-corrected chi connectivity index (χ1v) is 11.6. The number of ether oxygens (including phenoxy) is 4. The van der Waals surface area contributed by atoms with Crippen molar-refractivity contribution in [1.82, 2.24) is 9.80 Å². The van der Waals surface area contributed by atoms with E-state index in [1.165, 1.54) is 26.2 Å². The van der Waals surface area contributed by atoms with Crippen LogP contribution in [0, 0.1) is 6.92 Å². The largest absolute Gasteiger partial charge is 0.507 e. The lowest BCUT2D eigenvalue weighted by atomic mass is 9.93. The molecule has 194 valence electrons. The van der Waals surface area contributed by atoms with Gasteiger partial charge in [-0.05, 0) is 75.4 Å². The molecule has 1 heterocycles. The zero-order chi connectivity index (χ0) is 26.6. The molecule has 0 aromatic heterocycles. The van der Waals surface area contributed by atoms with Crippen molar-refractivity contribution in [3.8, 4) is 23.0 Å². The number of likely N-dealkylation sites (tertiary alicyclic amines) is 1. The number of aliphatic hydroxyl groups excluding tert-OH is 1. The molecule has 0 radical (unpaired) electrons. The second kappa shape index (κ2) is 11.3. The van der Waals surface area contributed by atoms with E-state index in [0.29, 0.717) is 52.7 Å². The van der Waals surface area contributed by atoms with Crippen molar-refractivity contribution in [2.45, 2.75) is 19.4 Å². The zero-order valence-corrected chi connectivity index (χ0v) is 21.9. The Morgan fingerprint density at radius 2 is 1.61 bits per heavy atom. The third-order valence-electron chi connectivity index (χ3n) is 6.24. The van der Waals surface area contributed by atoms with Crippen molar-refractivity contribution in [1.29, 1.82) is 0 Å². The number of rotatable bonds is 10. The maximum Gasteiger partial charge on any atom is 0.295 e. The van der Waals surface area contributed by atoms with Crippen LogP contribution in [0.1, 0.15) is 29.2 Å². The van der Waals surface area contributed by atoms with Crippen LogP contribution >= 0.6 is 0 Å². The van der Waals surface area contributed by atoms with E-state index in [9.17, 15) is 14.7 Å². The lowest BCUT2D eigenvalue weighted by Crippen LogP contribution is -2.32. The number of Topliss-reactive ketones (excluding diaryl/α,β-unsaturated/α-hetero) is 1. The molecule has 1 aliphatic rings. The van der Waals surface area contributed by atoms with E-state index in [2.05, 4.69) is 0 Å². The third kappa shape index (κ3) is 5.11. The third-order valence-corrected chi connectivity index (χ3v) is 6.24. The number of benzene rings is 2. The van der Waals surface area contributed by atoms with Crippen LogP contribution in [0.5, 0.6) is 23.0 Å². The molecule has 0 aliphatic carbocycles. The summed E-state index contributed by atoms with van der Waals surface area (Å²) in [7, 11) is 9.93. The normalized spacial score (nSPS) is 17.0. The SMILES string of the molecule is COc1ccc(C(O)=C2C(=O)C(=O)N(CCCN(C)C)[C@H]2c2cc(OC)c(OC)c(OC)c2)c(C)c1. The Morgan fingerprint density at radius 1 is 0.972 bits per heavy atom. The Hall–Kier alpha value is -3.72. The first-order valence-electron chi connectivity index (χ1n) is 11.6. The van der Waals surface area contributed by atoms with Crippen molar-refractivity contribution < 1.29 is 33.6 Å². The summed E-state index contributed by atoms with van der Waals surface area (Å²) in [6.07, 6.45) is 0.641. The topological polar surface area (TPSA) is 97.8 Å². The maximum absolute atomic E-state index is 13.3. The number of hydrogen-bond acceptors (Lipinski definition) is 8. The van der Waals surface area contributed by atoms with Gasteiger partial charge in [-0.2, -0.15) is 0 Å². The summed E-state index contributed by atoms with van der Waals surface area (Å²) < 4.78 is 21.7. The van der Waals surface area contributed by atoms with Gasteiger partial charge in [0.25, 0.3) is 11.7 Å². The smallest absolute Gasteiger partial charge is 0.295 e. The quantitative estimate of drug-likeness (QED) is 0.302. The summed E-state index contributed by atoms with van der Waals surface area (Å²) in [5.41, 5.74) is 1.71. The van der Waals surface area contributed by atoms with Gasteiger partial charge in [-0.1, -0.05) is 0 Å². The van der Waals surface area contributed by atoms with Crippen LogP contribution in [0.4, 0.5) is 0 Å². The Bertz CT molecular complexity index is 1150.